The summed E-state index contributed by atoms with van der Waals surface area (Å²) in [4.78, 5) is 40.5. The Balaban J connectivity index is 2.33. The molecule has 30 heavy (non-hydrogen) atoms. The van der Waals surface area contributed by atoms with E-state index in [0.29, 0.717) is 17.7 Å². The van der Waals surface area contributed by atoms with Gasteiger partial charge in [0.25, 0.3) is 11.5 Å². The highest BCUT2D eigenvalue weighted by Crippen LogP contribution is 2.15. The molecule has 0 bridgehead atoms. The van der Waals surface area contributed by atoms with Gasteiger partial charge >= 0.3 is 5.69 Å². The summed E-state index contributed by atoms with van der Waals surface area (Å²) >= 11 is 0. The van der Waals surface area contributed by atoms with Crippen molar-refractivity contribution < 1.29 is 9.18 Å². The van der Waals surface area contributed by atoms with E-state index in [1.54, 1.807) is 45.0 Å². The quantitative estimate of drug-likeness (QED) is 0.648. The number of carbonyl (C=O) groups excluding carboxylic acids is 1. The van der Waals surface area contributed by atoms with Crippen LogP contribution >= 0.6 is 0 Å². The van der Waals surface area contributed by atoms with Gasteiger partial charge in [0.15, 0.2) is 0 Å². The minimum absolute atomic E-state index is 0.130. The van der Waals surface area contributed by atoms with Crippen LogP contribution in [0.1, 0.15) is 41.5 Å². The van der Waals surface area contributed by atoms with Crippen molar-refractivity contribution in [3.8, 4) is 5.69 Å². The molecule has 0 saturated carbocycles. The maximum Gasteiger partial charge on any atom is 0.352 e. The minimum Gasteiger partial charge on any atom is -0.340 e. The monoisotopic (exact) mass is 410 g/mol. The average molecular weight is 410 g/mol. The third-order valence-corrected chi connectivity index (χ3v) is 5.10. The Bertz CT molecular complexity index is 1200. The molecule has 0 unspecified atom stereocenters. The fourth-order valence-electron chi connectivity index (χ4n) is 3.05. The van der Waals surface area contributed by atoms with E-state index in [-0.39, 0.29) is 5.69 Å². The minimum atomic E-state index is -0.787. The number of halogens is 1. The summed E-state index contributed by atoms with van der Waals surface area (Å²) in [5.41, 5.74) is -0.694. The fraction of sp³-hybridized carbons (Fsp3) is 0.273. The topological polar surface area (TPSA) is 77.2 Å². The number of hydrogen-bond acceptors (Lipinski definition) is 4. The van der Waals surface area contributed by atoms with E-state index >= 15 is 0 Å². The molecule has 0 fully saturated rings. The van der Waals surface area contributed by atoms with Crippen LogP contribution in [0.15, 0.2) is 58.1 Å². The molecule has 0 N–H and O–H groups in total. The van der Waals surface area contributed by atoms with Crippen molar-refractivity contribution in [3.63, 3.8) is 0 Å². The molecule has 7 nitrogen and oxygen atoms in total. The number of nitrogens with zero attached hydrogens (tertiary/aromatic N) is 4. The van der Waals surface area contributed by atoms with Gasteiger partial charge in [-0.2, -0.15) is 9.78 Å². The lowest BCUT2D eigenvalue weighted by atomic mass is 10.1. The number of aromatic nitrogens is 3. The van der Waals surface area contributed by atoms with Gasteiger partial charge in [0.2, 0.25) is 5.69 Å². The van der Waals surface area contributed by atoms with Crippen LogP contribution in [0.3, 0.4) is 0 Å². The van der Waals surface area contributed by atoms with Gasteiger partial charge < -0.3 is 4.90 Å². The molecule has 0 spiro atoms. The van der Waals surface area contributed by atoms with Crippen LogP contribution in [0, 0.1) is 12.7 Å². The van der Waals surface area contributed by atoms with Crippen molar-refractivity contribution in [1.29, 1.82) is 0 Å². The Morgan fingerprint density at radius 2 is 1.83 bits per heavy atom. The Kier molecular flexibility index (Phi) is 5.96. The number of rotatable bonds is 5. The van der Waals surface area contributed by atoms with E-state index in [4.69, 9.17) is 0 Å². The Morgan fingerprint density at radius 1 is 1.17 bits per heavy atom. The molecule has 0 radical (unpaired) electrons. The van der Waals surface area contributed by atoms with Gasteiger partial charge in [-0.3, -0.25) is 9.59 Å². The fourth-order valence-corrected chi connectivity index (χ4v) is 3.05. The predicted octanol–water partition coefficient (Wildman–Crippen LogP) is 2.54. The number of carbonyl (C=O) groups is 1. The van der Waals surface area contributed by atoms with E-state index in [1.807, 2.05) is 6.07 Å². The van der Waals surface area contributed by atoms with Gasteiger partial charge in [-0.25, -0.2) is 13.8 Å². The van der Waals surface area contributed by atoms with Crippen LogP contribution in [0.25, 0.3) is 5.69 Å². The van der Waals surface area contributed by atoms with Gasteiger partial charge in [-0.15, -0.1) is 0 Å². The molecule has 1 amide bonds. The van der Waals surface area contributed by atoms with Crippen molar-refractivity contribution in [1.82, 2.24) is 19.2 Å². The Hall–Kier alpha value is -3.55. The largest absolute Gasteiger partial charge is 0.352 e. The van der Waals surface area contributed by atoms with Gasteiger partial charge in [0.1, 0.15) is 5.82 Å². The molecule has 3 aromatic rings. The van der Waals surface area contributed by atoms with Gasteiger partial charge in [-0.05, 0) is 38.0 Å². The molecule has 3 rings (SSSR count). The molecular formula is C22H23FN4O3. The van der Waals surface area contributed by atoms with E-state index in [0.717, 1.165) is 15.3 Å². The first kappa shape index (κ1) is 21.2. The summed E-state index contributed by atoms with van der Waals surface area (Å²) in [6.45, 7) is 5.40. The first-order valence-electron chi connectivity index (χ1n) is 9.59. The molecule has 0 saturated heterocycles. The van der Waals surface area contributed by atoms with Gasteiger partial charge in [0, 0.05) is 19.7 Å². The Morgan fingerprint density at radius 3 is 2.43 bits per heavy atom. The SMILES string of the molecule is CCN(C)C(=O)c1nn(-c2ccc(C)c(F)c2)c(=O)n([C@H](C)c2ccccc2)c1=O. The van der Waals surface area contributed by atoms with Crippen molar-refractivity contribution in [3.05, 3.63) is 92.0 Å². The molecule has 156 valence electrons. The summed E-state index contributed by atoms with van der Waals surface area (Å²) in [5.74, 6) is -1.13. The molecule has 1 atom stereocenters. The van der Waals surface area contributed by atoms with Crippen LogP contribution in [0.4, 0.5) is 4.39 Å². The third-order valence-electron chi connectivity index (χ3n) is 5.10. The summed E-state index contributed by atoms with van der Waals surface area (Å²) < 4.78 is 16.0. The van der Waals surface area contributed by atoms with Crippen LogP contribution in [0.2, 0.25) is 0 Å². The van der Waals surface area contributed by atoms with Crippen LogP contribution in [-0.2, 0) is 0 Å². The molecule has 0 aliphatic rings. The predicted molar refractivity (Wildman–Crippen MR) is 112 cm³/mol. The van der Waals surface area contributed by atoms with E-state index in [2.05, 4.69) is 5.10 Å². The Labute approximate surface area is 173 Å². The van der Waals surface area contributed by atoms with E-state index in [1.165, 1.54) is 24.1 Å². The zero-order valence-electron chi connectivity index (χ0n) is 17.3. The lowest BCUT2D eigenvalue weighted by Gasteiger charge is -2.19. The molecule has 2 aromatic carbocycles. The second kappa shape index (κ2) is 8.44. The van der Waals surface area contributed by atoms with Crippen LogP contribution < -0.4 is 11.2 Å². The van der Waals surface area contributed by atoms with Crippen molar-refractivity contribution >= 4 is 5.91 Å². The maximum atomic E-state index is 14.2. The van der Waals surface area contributed by atoms with Crippen molar-refractivity contribution in [2.75, 3.05) is 13.6 Å². The molecule has 8 heteroatoms. The molecule has 0 aliphatic carbocycles. The normalized spacial score (nSPS) is 11.9. The first-order chi connectivity index (χ1) is 14.3. The van der Waals surface area contributed by atoms with E-state index < -0.39 is 34.7 Å². The molecule has 0 aliphatic heterocycles. The third kappa shape index (κ3) is 3.80. The van der Waals surface area contributed by atoms with Gasteiger partial charge in [-0.1, -0.05) is 36.4 Å². The highest BCUT2D eigenvalue weighted by Gasteiger charge is 2.25. The second-order valence-corrected chi connectivity index (χ2v) is 7.06. The number of benzene rings is 2. The first-order valence-corrected chi connectivity index (χ1v) is 9.59. The van der Waals surface area contributed by atoms with Crippen molar-refractivity contribution in [2.24, 2.45) is 0 Å². The summed E-state index contributed by atoms with van der Waals surface area (Å²) in [7, 11) is 1.54. The second-order valence-electron chi connectivity index (χ2n) is 7.06. The zero-order valence-corrected chi connectivity index (χ0v) is 17.3. The maximum absolute atomic E-state index is 14.2. The molecular weight excluding hydrogens is 387 g/mol. The van der Waals surface area contributed by atoms with Crippen LogP contribution in [0.5, 0.6) is 0 Å². The molecule has 1 heterocycles. The summed E-state index contributed by atoms with van der Waals surface area (Å²) in [6, 6.07) is 12.5. The highest BCUT2D eigenvalue weighted by atomic mass is 19.1. The standard InChI is InChI=1S/C22H23FN4O3/c1-5-25(4)20(28)19-21(29)26(15(3)16-9-7-6-8-10-16)22(30)27(24-19)17-12-11-14(2)18(23)13-17/h6-13,15H,5H2,1-4H3/t15-/m1/s1. The number of amides is 1. The summed E-state index contributed by atoms with van der Waals surface area (Å²) in [6.07, 6.45) is 0. The van der Waals surface area contributed by atoms with Crippen molar-refractivity contribution in [2.45, 2.75) is 26.8 Å². The van der Waals surface area contributed by atoms with Gasteiger partial charge in [0.05, 0.1) is 11.7 Å². The lowest BCUT2D eigenvalue weighted by molar-refractivity contribution is 0.0791. The van der Waals surface area contributed by atoms with Crippen LogP contribution in [-0.4, -0.2) is 38.7 Å². The smallest absolute Gasteiger partial charge is 0.340 e. The lowest BCUT2D eigenvalue weighted by Crippen LogP contribution is -2.47. The average Bonchev–Trinajstić information content (AvgIpc) is 2.75. The highest BCUT2D eigenvalue weighted by molar-refractivity contribution is 5.91. The zero-order chi connectivity index (χ0) is 22.0. The number of aryl methyl sites for hydroxylation is 1. The number of hydrogen-bond donors (Lipinski definition) is 0. The molecule has 1 aromatic heterocycles. The van der Waals surface area contributed by atoms with E-state index in [9.17, 15) is 18.8 Å². The summed E-state index contributed by atoms with van der Waals surface area (Å²) in [5, 5.41) is 4.03.